The van der Waals surface area contributed by atoms with E-state index in [-0.39, 0.29) is 11.8 Å². The van der Waals surface area contributed by atoms with Crippen molar-refractivity contribution in [1.29, 1.82) is 0 Å². The van der Waals surface area contributed by atoms with Crippen LogP contribution in [0.5, 0.6) is 0 Å². The topological polar surface area (TPSA) is 59.2 Å². The van der Waals surface area contributed by atoms with E-state index in [1.165, 1.54) is 22.4 Å². The fourth-order valence-electron chi connectivity index (χ4n) is 4.85. The van der Waals surface area contributed by atoms with Gasteiger partial charge >= 0.3 is 0 Å². The second-order valence-corrected chi connectivity index (χ2v) is 9.48. The van der Waals surface area contributed by atoms with Gasteiger partial charge in [0.25, 0.3) is 0 Å². The first-order valence-electron chi connectivity index (χ1n) is 10.5. The van der Waals surface area contributed by atoms with Gasteiger partial charge in [-0.25, -0.2) is 0 Å². The number of pyridine rings is 1. The largest absolute Gasteiger partial charge is 0.343 e. The number of halogens is 2. The van der Waals surface area contributed by atoms with E-state index in [4.69, 9.17) is 22.3 Å². The number of aromatic nitrogens is 1. The first-order valence-corrected chi connectivity index (χ1v) is 11.6. The van der Waals surface area contributed by atoms with Gasteiger partial charge in [-0.15, -0.1) is 0 Å². The lowest BCUT2D eigenvalue weighted by Gasteiger charge is -2.37. The molecule has 2 heterocycles. The molecule has 2 N–H and O–H groups in total. The minimum absolute atomic E-state index is 0.240. The number of benzene rings is 1. The van der Waals surface area contributed by atoms with Crippen molar-refractivity contribution in [2.75, 3.05) is 19.6 Å². The SMILES string of the molecule is NCCCC(=O)N1CCC(C2c3ccc(Cl)cc3CCc3cc(Br)cnc32)CC1. The van der Waals surface area contributed by atoms with E-state index < -0.39 is 0 Å². The van der Waals surface area contributed by atoms with Gasteiger partial charge in [0.2, 0.25) is 5.91 Å². The zero-order chi connectivity index (χ0) is 20.4. The van der Waals surface area contributed by atoms with Gasteiger partial charge in [0.15, 0.2) is 0 Å². The van der Waals surface area contributed by atoms with E-state index in [2.05, 4.69) is 34.1 Å². The maximum Gasteiger partial charge on any atom is 0.222 e. The molecule has 2 aromatic rings. The molecular weight excluding hydrogens is 450 g/mol. The molecule has 0 saturated carbocycles. The number of carbonyl (C=O) groups excluding carboxylic acids is 1. The molecule has 29 heavy (non-hydrogen) atoms. The van der Waals surface area contributed by atoms with Gasteiger partial charge in [-0.05, 0) is 95.4 Å². The van der Waals surface area contributed by atoms with E-state index >= 15 is 0 Å². The molecule has 154 valence electrons. The molecule has 6 heteroatoms. The number of hydrogen-bond acceptors (Lipinski definition) is 3. The van der Waals surface area contributed by atoms with Crippen LogP contribution in [0.25, 0.3) is 0 Å². The number of piperidine rings is 1. The minimum atomic E-state index is 0.240. The lowest BCUT2D eigenvalue weighted by molar-refractivity contribution is -0.132. The summed E-state index contributed by atoms with van der Waals surface area (Å²) in [5, 5.41) is 0.794. The number of rotatable bonds is 4. The number of likely N-dealkylation sites (tertiary alicyclic amines) is 1. The summed E-state index contributed by atoms with van der Waals surface area (Å²) >= 11 is 9.91. The Hall–Kier alpha value is -1.43. The molecule has 1 fully saturated rings. The molecule has 1 aromatic heterocycles. The van der Waals surface area contributed by atoms with Gasteiger partial charge < -0.3 is 10.6 Å². The van der Waals surface area contributed by atoms with E-state index in [0.29, 0.717) is 18.9 Å². The van der Waals surface area contributed by atoms with Gasteiger partial charge in [-0.2, -0.15) is 0 Å². The van der Waals surface area contributed by atoms with Crippen LogP contribution in [0.4, 0.5) is 0 Å². The molecule has 4 rings (SSSR count). The van der Waals surface area contributed by atoms with E-state index in [9.17, 15) is 4.79 Å². The fourth-order valence-corrected chi connectivity index (χ4v) is 5.43. The summed E-state index contributed by atoms with van der Waals surface area (Å²) in [6, 6.07) is 8.53. The summed E-state index contributed by atoms with van der Waals surface area (Å²) in [6.07, 6.45) is 7.19. The van der Waals surface area contributed by atoms with Crippen molar-refractivity contribution in [2.45, 2.75) is 44.4 Å². The first kappa shape index (κ1) is 20.8. The smallest absolute Gasteiger partial charge is 0.222 e. The normalized spacial score (nSPS) is 19.4. The lowest BCUT2D eigenvalue weighted by atomic mass is 9.76. The van der Waals surface area contributed by atoms with Gasteiger partial charge in [0.05, 0.1) is 5.69 Å². The fraction of sp³-hybridized carbons (Fsp3) is 0.478. The van der Waals surface area contributed by atoms with E-state index in [0.717, 1.165) is 54.7 Å². The molecule has 1 aliphatic carbocycles. The van der Waals surface area contributed by atoms with Gasteiger partial charge in [0.1, 0.15) is 0 Å². The van der Waals surface area contributed by atoms with Crippen LogP contribution in [-0.4, -0.2) is 35.4 Å². The highest BCUT2D eigenvalue weighted by molar-refractivity contribution is 9.10. The van der Waals surface area contributed by atoms with Crippen LogP contribution in [-0.2, 0) is 17.6 Å². The highest BCUT2D eigenvalue weighted by atomic mass is 79.9. The van der Waals surface area contributed by atoms with Crippen molar-refractivity contribution in [1.82, 2.24) is 9.88 Å². The molecule has 0 bridgehead atoms. The third-order valence-corrected chi connectivity index (χ3v) is 6.99. The standard InChI is InChI=1S/C23H27BrClN3O/c24-18-12-17-4-3-16-13-19(25)5-6-20(16)22(23(17)27-14-18)15-7-10-28(11-8-15)21(29)2-1-9-26/h5-6,12-15,22H,1-4,7-11,26H2. The third kappa shape index (κ3) is 4.52. The molecule has 1 atom stereocenters. The van der Waals surface area contributed by atoms with Crippen LogP contribution in [0.15, 0.2) is 34.9 Å². The molecule has 1 saturated heterocycles. The van der Waals surface area contributed by atoms with Gasteiger partial charge in [-0.3, -0.25) is 9.78 Å². The molecule has 2 aliphatic rings. The highest BCUT2D eigenvalue weighted by Crippen LogP contribution is 2.43. The lowest BCUT2D eigenvalue weighted by Crippen LogP contribution is -2.40. The van der Waals surface area contributed by atoms with Crippen LogP contribution in [0.1, 0.15) is 54.0 Å². The van der Waals surface area contributed by atoms with Crippen LogP contribution in [0.3, 0.4) is 0 Å². The van der Waals surface area contributed by atoms with Gasteiger partial charge in [0, 0.05) is 41.1 Å². The average Bonchev–Trinajstić information content (AvgIpc) is 2.88. The zero-order valence-corrected chi connectivity index (χ0v) is 18.9. The summed E-state index contributed by atoms with van der Waals surface area (Å²) in [7, 11) is 0. The molecule has 4 nitrogen and oxygen atoms in total. The predicted molar refractivity (Wildman–Crippen MR) is 120 cm³/mol. The molecule has 0 radical (unpaired) electrons. The predicted octanol–water partition coefficient (Wildman–Crippen LogP) is 4.71. The van der Waals surface area contributed by atoms with E-state index in [1.54, 1.807) is 0 Å². The zero-order valence-electron chi connectivity index (χ0n) is 16.5. The van der Waals surface area contributed by atoms with Crippen molar-refractivity contribution in [3.63, 3.8) is 0 Å². The first-order chi connectivity index (χ1) is 14.1. The van der Waals surface area contributed by atoms with Gasteiger partial charge in [-0.1, -0.05) is 17.7 Å². The number of hydrogen-bond donors (Lipinski definition) is 1. The number of amides is 1. The number of fused-ring (bicyclic) bond motifs is 2. The molecule has 1 aliphatic heterocycles. The maximum absolute atomic E-state index is 12.4. The summed E-state index contributed by atoms with van der Waals surface area (Å²) in [4.78, 5) is 19.3. The van der Waals surface area contributed by atoms with Crippen molar-refractivity contribution in [3.05, 3.63) is 62.3 Å². The van der Waals surface area contributed by atoms with Crippen molar-refractivity contribution in [2.24, 2.45) is 11.7 Å². The summed E-state index contributed by atoms with van der Waals surface area (Å²) in [6.45, 7) is 2.21. The average molecular weight is 477 g/mol. The minimum Gasteiger partial charge on any atom is -0.343 e. The molecule has 1 unspecified atom stereocenters. The molecule has 1 aromatic carbocycles. The number of nitrogens with two attached hydrogens (primary N) is 1. The Bertz CT molecular complexity index is 842. The van der Waals surface area contributed by atoms with Crippen molar-refractivity contribution >= 4 is 33.4 Å². The van der Waals surface area contributed by atoms with E-state index in [1.807, 2.05) is 17.2 Å². The Morgan fingerprint density at radius 2 is 1.97 bits per heavy atom. The summed E-state index contributed by atoms with van der Waals surface area (Å²) in [5.74, 6) is 0.970. The second kappa shape index (κ2) is 9.15. The molecule has 0 spiro atoms. The highest BCUT2D eigenvalue weighted by Gasteiger charge is 2.34. The van der Waals surface area contributed by atoms with Crippen LogP contribution < -0.4 is 5.73 Å². The number of carbonyl (C=O) groups is 1. The Morgan fingerprint density at radius 3 is 2.72 bits per heavy atom. The van der Waals surface area contributed by atoms with Crippen LogP contribution in [0, 0.1) is 5.92 Å². The quantitative estimate of drug-likeness (QED) is 0.695. The summed E-state index contributed by atoms with van der Waals surface area (Å²) in [5.41, 5.74) is 10.8. The van der Waals surface area contributed by atoms with Crippen LogP contribution >= 0.6 is 27.5 Å². The second-order valence-electron chi connectivity index (χ2n) is 8.13. The Morgan fingerprint density at radius 1 is 1.21 bits per heavy atom. The Kier molecular flexibility index (Phi) is 6.57. The summed E-state index contributed by atoms with van der Waals surface area (Å²) < 4.78 is 1.03. The molecular formula is C23H27BrClN3O. The van der Waals surface area contributed by atoms with Crippen LogP contribution in [0.2, 0.25) is 5.02 Å². The Balaban J connectivity index is 1.62. The monoisotopic (exact) mass is 475 g/mol. The molecule has 1 amide bonds. The number of nitrogens with zero attached hydrogens (tertiary/aromatic N) is 2. The van der Waals surface area contributed by atoms with Crippen molar-refractivity contribution < 1.29 is 4.79 Å². The maximum atomic E-state index is 12.4. The third-order valence-electron chi connectivity index (χ3n) is 6.32. The Labute approximate surface area is 186 Å². The van der Waals surface area contributed by atoms with Crippen molar-refractivity contribution in [3.8, 4) is 0 Å². The number of aryl methyl sites for hydroxylation is 2.